The summed E-state index contributed by atoms with van der Waals surface area (Å²) in [4.78, 5) is 20.5. The third kappa shape index (κ3) is 3.20. The lowest BCUT2D eigenvalue weighted by Crippen LogP contribution is -2.43. The van der Waals surface area contributed by atoms with E-state index in [9.17, 15) is 4.79 Å². The second-order valence-electron chi connectivity index (χ2n) is 6.59. The standard InChI is InChI=1S/C18H24N2O2S/c1-11(2)20(14-7-5-6-8-14)18(21)16-13(4)19-17(23-16)15-10-9-12(3)22-15/h9-11,14H,5-8H2,1-4H3. The molecule has 2 heterocycles. The van der Waals surface area contributed by atoms with E-state index in [1.807, 2.05) is 26.0 Å². The normalized spacial score (nSPS) is 15.5. The monoisotopic (exact) mass is 332 g/mol. The van der Waals surface area contributed by atoms with Gasteiger partial charge >= 0.3 is 0 Å². The third-order valence-corrected chi connectivity index (χ3v) is 5.61. The van der Waals surface area contributed by atoms with Gasteiger partial charge in [-0.25, -0.2) is 4.98 Å². The molecule has 0 atom stereocenters. The molecule has 0 unspecified atom stereocenters. The first-order chi connectivity index (χ1) is 11.0. The lowest BCUT2D eigenvalue weighted by Gasteiger charge is -2.32. The van der Waals surface area contributed by atoms with Gasteiger partial charge < -0.3 is 9.32 Å². The molecule has 0 N–H and O–H groups in total. The summed E-state index contributed by atoms with van der Waals surface area (Å²) in [5.74, 6) is 1.72. The van der Waals surface area contributed by atoms with Crippen molar-refractivity contribution in [2.75, 3.05) is 0 Å². The molecule has 1 aliphatic rings. The number of furan rings is 1. The fraction of sp³-hybridized carbons (Fsp3) is 0.556. The molecule has 1 aliphatic carbocycles. The van der Waals surface area contributed by atoms with E-state index in [4.69, 9.17) is 4.42 Å². The number of rotatable bonds is 4. The highest BCUT2D eigenvalue weighted by atomic mass is 32.1. The van der Waals surface area contributed by atoms with Crippen molar-refractivity contribution in [1.29, 1.82) is 0 Å². The lowest BCUT2D eigenvalue weighted by atomic mass is 10.1. The summed E-state index contributed by atoms with van der Waals surface area (Å²) in [5, 5.41) is 0.786. The van der Waals surface area contributed by atoms with E-state index in [1.165, 1.54) is 24.2 Å². The van der Waals surface area contributed by atoms with E-state index < -0.39 is 0 Å². The molecular weight excluding hydrogens is 308 g/mol. The van der Waals surface area contributed by atoms with Crippen LogP contribution in [0.1, 0.15) is 60.7 Å². The summed E-state index contributed by atoms with van der Waals surface area (Å²) in [6.45, 7) is 8.03. The van der Waals surface area contributed by atoms with Gasteiger partial charge in [0.05, 0.1) is 5.69 Å². The van der Waals surface area contributed by atoms with Crippen LogP contribution in [0.4, 0.5) is 0 Å². The highest BCUT2D eigenvalue weighted by Crippen LogP contribution is 2.32. The number of nitrogens with zero attached hydrogens (tertiary/aromatic N) is 2. The number of hydrogen-bond donors (Lipinski definition) is 0. The number of aromatic nitrogens is 1. The SMILES string of the molecule is Cc1ccc(-c2nc(C)c(C(=O)N(C(C)C)C3CCCC3)s2)o1. The van der Waals surface area contributed by atoms with Crippen LogP contribution in [0.2, 0.25) is 0 Å². The van der Waals surface area contributed by atoms with Crippen molar-refractivity contribution < 1.29 is 9.21 Å². The Kier molecular flexibility index (Phi) is 4.57. The predicted octanol–water partition coefficient (Wildman–Crippen LogP) is 4.81. The first-order valence-corrected chi connectivity index (χ1v) is 9.16. The Balaban J connectivity index is 1.90. The number of amides is 1. The predicted molar refractivity (Wildman–Crippen MR) is 92.9 cm³/mol. The van der Waals surface area contributed by atoms with Crippen molar-refractivity contribution in [3.63, 3.8) is 0 Å². The van der Waals surface area contributed by atoms with Crippen molar-refractivity contribution in [3.05, 3.63) is 28.5 Å². The van der Waals surface area contributed by atoms with Gasteiger partial charge in [-0.05, 0) is 52.7 Å². The zero-order valence-corrected chi connectivity index (χ0v) is 15.1. The van der Waals surface area contributed by atoms with Gasteiger partial charge in [0.2, 0.25) is 0 Å². The fourth-order valence-corrected chi connectivity index (χ4v) is 4.34. The number of carbonyl (C=O) groups is 1. The molecule has 4 nitrogen and oxygen atoms in total. The quantitative estimate of drug-likeness (QED) is 0.807. The summed E-state index contributed by atoms with van der Waals surface area (Å²) in [7, 11) is 0. The Hall–Kier alpha value is -1.62. The fourth-order valence-electron chi connectivity index (χ4n) is 3.37. The van der Waals surface area contributed by atoms with E-state index in [1.54, 1.807) is 0 Å². The van der Waals surface area contributed by atoms with Crippen LogP contribution in [0.25, 0.3) is 10.8 Å². The average molecular weight is 332 g/mol. The molecule has 0 radical (unpaired) electrons. The van der Waals surface area contributed by atoms with Crippen molar-refractivity contribution in [2.45, 2.75) is 65.5 Å². The Labute approximate surface area is 141 Å². The summed E-state index contributed by atoms with van der Waals surface area (Å²) in [6.07, 6.45) is 4.68. The lowest BCUT2D eigenvalue weighted by molar-refractivity contribution is 0.0617. The highest BCUT2D eigenvalue weighted by molar-refractivity contribution is 7.17. The molecule has 1 saturated carbocycles. The van der Waals surface area contributed by atoms with Gasteiger partial charge in [0.25, 0.3) is 5.91 Å². The molecule has 0 spiro atoms. The number of carbonyl (C=O) groups excluding carboxylic acids is 1. The molecule has 124 valence electrons. The van der Waals surface area contributed by atoms with E-state index in [2.05, 4.69) is 23.7 Å². The Morgan fingerprint density at radius 1 is 1.30 bits per heavy atom. The smallest absolute Gasteiger partial charge is 0.266 e. The Morgan fingerprint density at radius 3 is 2.57 bits per heavy atom. The molecule has 0 aliphatic heterocycles. The Morgan fingerprint density at radius 2 is 2.00 bits per heavy atom. The zero-order chi connectivity index (χ0) is 16.6. The summed E-state index contributed by atoms with van der Waals surface area (Å²) >= 11 is 1.44. The van der Waals surface area contributed by atoms with Gasteiger partial charge in [-0.3, -0.25) is 4.79 Å². The van der Waals surface area contributed by atoms with Crippen LogP contribution in [0.3, 0.4) is 0 Å². The molecule has 2 aromatic heterocycles. The minimum Gasteiger partial charge on any atom is -0.459 e. The molecule has 5 heteroatoms. The van der Waals surface area contributed by atoms with E-state index in [0.717, 1.165) is 39.9 Å². The Bertz CT molecular complexity index is 696. The van der Waals surface area contributed by atoms with Crippen LogP contribution in [0.5, 0.6) is 0 Å². The van der Waals surface area contributed by atoms with Crippen LogP contribution in [0.15, 0.2) is 16.5 Å². The first kappa shape index (κ1) is 16.2. The second kappa shape index (κ2) is 6.48. The van der Waals surface area contributed by atoms with Crippen molar-refractivity contribution in [2.24, 2.45) is 0 Å². The average Bonchev–Trinajstić information content (AvgIpc) is 3.19. The summed E-state index contributed by atoms with van der Waals surface area (Å²) in [5.41, 5.74) is 0.799. The van der Waals surface area contributed by atoms with Gasteiger partial charge in [0.15, 0.2) is 10.8 Å². The van der Waals surface area contributed by atoms with Crippen molar-refractivity contribution in [1.82, 2.24) is 9.88 Å². The first-order valence-electron chi connectivity index (χ1n) is 8.34. The van der Waals surface area contributed by atoms with E-state index >= 15 is 0 Å². The maximum absolute atomic E-state index is 13.1. The van der Waals surface area contributed by atoms with Gasteiger partial charge in [0.1, 0.15) is 10.6 Å². The molecule has 1 amide bonds. The van der Waals surface area contributed by atoms with Crippen LogP contribution in [-0.4, -0.2) is 27.9 Å². The number of hydrogen-bond acceptors (Lipinski definition) is 4. The van der Waals surface area contributed by atoms with Crippen LogP contribution in [-0.2, 0) is 0 Å². The van der Waals surface area contributed by atoms with Gasteiger partial charge in [-0.1, -0.05) is 12.8 Å². The molecule has 1 fully saturated rings. The topological polar surface area (TPSA) is 46.3 Å². The molecular formula is C18H24N2O2S. The highest BCUT2D eigenvalue weighted by Gasteiger charge is 2.31. The maximum atomic E-state index is 13.1. The van der Waals surface area contributed by atoms with Crippen LogP contribution in [0, 0.1) is 13.8 Å². The summed E-state index contributed by atoms with van der Waals surface area (Å²) < 4.78 is 5.65. The van der Waals surface area contributed by atoms with Gasteiger partial charge in [-0.2, -0.15) is 0 Å². The largest absolute Gasteiger partial charge is 0.459 e. The molecule has 3 rings (SSSR count). The maximum Gasteiger partial charge on any atom is 0.266 e. The molecule has 23 heavy (non-hydrogen) atoms. The minimum atomic E-state index is 0.122. The van der Waals surface area contributed by atoms with Gasteiger partial charge in [0, 0.05) is 12.1 Å². The van der Waals surface area contributed by atoms with Crippen LogP contribution >= 0.6 is 11.3 Å². The second-order valence-corrected chi connectivity index (χ2v) is 7.59. The van der Waals surface area contributed by atoms with E-state index in [0.29, 0.717) is 6.04 Å². The molecule has 2 aromatic rings. The third-order valence-electron chi connectivity index (χ3n) is 4.45. The molecule has 0 saturated heterocycles. The van der Waals surface area contributed by atoms with Crippen molar-refractivity contribution >= 4 is 17.2 Å². The number of aryl methyl sites for hydroxylation is 2. The van der Waals surface area contributed by atoms with Crippen LogP contribution < -0.4 is 0 Å². The van der Waals surface area contributed by atoms with Gasteiger partial charge in [-0.15, -0.1) is 11.3 Å². The zero-order valence-electron chi connectivity index (χ0n) is 14.3. The molecule has 0 bridgehead atoms. The molecule has 0 aromatic carbocycles. The number of thiazole rings is 1. The minimum absolute atomic E-state index is 0.122. The van der Waals surface area contributed by atoms with E-state index in [-0.39, 0.29) is 11.9 Å². The van der Waals surface area contributed by atoms with Crippen molar-refractivity contribution in [3.8, 4) is 10.8 Å². The summed E-state index contributed by atoms with van der Waals surface area (Å²) in [6, 6.07) is 4.42.